The van der Waals surface area contributed by atoms with Gasteiger partial charge in [0.2, 0.25) is 5.78 Å². The molecular formula is C23H21N5O2S. The zero-order chi connectivity index (χ0) is 21.5. The van der Waals surface area contributed by atoms with Crippen molar-refractivity contribution in [3.05, 3.63) is 81.5 Å². The van der Waals surface area contributed by atoms with Gasteiger partial charge in [-0.2, -0.15) is 0 Å². The summed E-state index contributed by atoms with van der Waals surface area (Å²) in [5.74, 6) is 1.95. The summed E-state index contributed by atoms with van der Waals surface area (Å²) < 4.78 is 8.87. The van der Waals surface area contributed by atoms with Gasteiger partial charge in [-0.1, -0.05) is 48.1 Å². The number of para-hydroxylation sites is 1. The van der Waals surface area contributed by atoms with Crippen LogP contribution >= 0.6 is 11.8 Å². The van der Waals surface area contributed by atoms with E-state index in [1.54, 1.807) is 16.3 Å². The SMILES string of the molecule is CCc1ccc(-n2c(=O)c3ccccc3n3c(SCc4c(C)noc4C)nnc23)cc1. The van der Waals surface area contributed by atoms with Crippen molar-refractivity contribution < 1.29 is 4.52 Å². The Morgan fingerprint density at radius 3 is 2.52 bits per heavy atom. The van der Waals surface area contributed by atoms with E-state index in [-0.39, 0.29) is 5.56 Å². The lowest BCUT2D eigenvalue weighted by molar-refractivity contribution is 0.392. The van der Waals surface area contributed by atoms with E-state index in [2.05, 4.69) is 22.3 Å². The van der Waals surface area contributed by atoms with E-state index in [0.29, 0.717) is 22.1 Å². The fourth-order valence-electron chi connectivity index (χ4n) is 3.73. The molecule has 156 valence electrons. The molecule has 8 heteroatoms. The normalized spacial score (nSPS) is 11.6. The first kappa shape index (κ1) is 19.6. The quantitative estimate of drug-likeness (QED) is 0.382. The molecule has 0 aliphatic rings. The van der Waals surface area contributed by atoms with Crippen LogP contribution in [0.3, 0.4) is 0 Å². The molecule has 0 saturated heterocycles. The van der Waals surface area contributed by atoms with Crippen LogP contribution in [0.25, 0.3) is 22.4 Å². The van der Waals surface area contributed by atoms with Crippen LogP contribution in [0.5, 0.6) is 0 Å². The Labute approximate surface area is 182 Å². The van der Waals surface area contributed by atoms with Crippen molar-refractivity contribution in [2.24, 2.45) is 0 Å². The monoisotopic (exact) mass is 431 g/mol. The van der Waals surface area contributed by atoms with Gasteiger partial charge in [0, 0.05) is 11.3 Å². The van der Waals surface area contributed by atoms with Gasteiger partial charge in [0.15, 0.2) is 5.16 Å². The summed E-state index contributed by atoms with van der Waals surface area (Å²) in [4.78, 5) is 13.4. The highest BCUT2D eigenvalue weighted by molar-refractivity contribution is 7.98. The zero-order valence-electron chi connectivity index (χ0n) is 17.5. The number of benzene rings is 2. The van der Waals surface area contributed by atoms with Crippen LogP contribution in [0.4, 0.5) is 0 Å². The van der Waals surface area contributed by atoms with Crippen molar-refractivity contribution >= 4 is 28.4 Å². The third-order valence-electron chi connectivity index (χ3n) is 5.52. The predicted octanol–water partition coefficient (Wildman–Crippen LogP) is 4.49. The van der Waals surface area contributed by atoms with Crippen molar-refractivity contribution in [2.75, 3.05) is 0 Å². The fraction of sp³-hybridized carbons (Fsp3) is 0.217. The molecule has 0 atom stereocenters. The van der Waals surface area contributed by atoms with E-state index < -0.39 is 0 Å². The maximum atomic E-state index is 13.4. The number of rotatable bonds is 5. The molecule has 0 bridgehead atoms. The first-order chi connectivity index (χ1) is 15.1. The average molecular weight is 432 g/mol. The number of hydrogen-bond acceptors (Lipinski definition) is 6. The highest BCUT2D eigenvalue weighted by atomic mass is 32.2. The van der Waals surface area contributed by atoms with E-state index in [0.717, 1.165) is 34.6 Å². The summed E-state index contributed by atoms with van der Waals surface area (Å²) in [6.45, 7) is 5.95. The number of aryl methyl sites for hydroxylation is 3. The van der Waals surface area contributed by atoms with Crippen molar-refractivity contribution in [1.82, 2.24) is 24.3 Å². The largest absolute Gasteiger partial charge is 0.361 e. The molecule has 5 aromatic rings. The van der Waals surface area contributed by atoms with Crippen LogP contribution in [0.2, 0.25) is 0 Å². The van der Waals surface area contributed by atoms with Crippen LogP contribution in [0, 0.1) is 13.8 Å². The Morgan fingerprint density at radius 1 is 1.03 bits per heavy atom. The second-order valence-electron chi connectivity index (χ2n) is 7.39. The molecule has 0 unspecified atom stereocenters. The lowest BCUT2D eigenvalue weighted by Crippen LogP contribution is -2.21. The third-order valence-corrected chi connectivity index (χ3v) is 6.48. The summed E-state index contributed by atoms with van der Waals surface area (Å²) in [5.41, 5.74) is 4.58. The molecule has 5 rings (SSSR count). The molecule has 7 nitrogen and oxygen atoms in total. The molecule has 0 saturated carbocycles. The van der Waals surface area contributed by atoms with Gasteiger partial charge in [-0.25, -0.2) is 4.57 Å². The molecule has 3 aromatic heterocycles. The molecule has 2 aromatic carbocycles. The average Bonchev–Trinajstić information content (AvgIpc) is 3.36. The molecule has 0 aliphatic heterocycles. The lowest BCUT2D eigenvalue weighted by Gasteiger charge is -2.11. The van der Waals surface area contributed by atoms with Crippen molar-refractivity contribution in [3.63, 3.8) is 0 Å². The van der Waals surface area contributed by atoms with Crippen LogP contribution in [0.1, 0.15) is 29.5 Å². The molecule has 31 heavy (non-hydrogen) atoms. The number of fused-ring (bicyclic) bond motifs is 3. The minimum absolute atomic E-state index is 0.109. The van der Waals surface area contributed by atoms with Crippen LogP contribution < -0.4 is 5.56 Å². The number of hydrogen-bond donors (Lipinski definition) is 0. The second kappa shape index (κ2) is 7.70. The molecular weight excluding hydrogens is 410 g/mol. The topological polar surface area (TPSA) is 78.2 Å². The smallest absolute Gasteiger partial charge is 0.267 e. The highest BCUT2D eigenvalue weighted by Crippen LogP contribution is 2.28. The summed E-state index contributed by atoms with van der Waals surface area (Å²) in [5, 5.41) is 14.2. The van der Waals surface area contributed by atoms with Gasteiger partial charge in [0.25, 0.3) is 5.56 Å². The molecule has 0 fully saturated rings. The summed E-state index contributed by atoms with van der Waals surface area (Å²) in [7, 11) is 0. The minimum Gasteiger partial charge on any atom is -0.361 e. The fourth-order valence-corrected chi connectivity index (χ4v) is 4.82. The maximum Gasteiger partial charge on any atom is 0.267 e. The molecule has 3 heterocycles. The highest BCUT2D eigenvalue weighted by Gasteiger charge is 2.19. The Morgan fingerprint density at radius 2 is 1.81 bits per heavy atom. The second-order valence-corrected chi connectivity index (χ2v) is 8.33. The minimum atomic E-state index is -0.109. The van der Waals surface area contributed by atoms with Gasteiger partial charge >= 0.3 is 0 Å². The van der Waals surface area contributed by atoms with Crippen LogP contribution in [-0.2, 0) is 12.2 Å². The van der Waals surface area contributed by atoms with Crippen LogP contribution in [0.15, 0.2) is 63.0 Å². The Balaban J connectivity index is 1.71. The lowest BCUT2D eigenvalue weighted by atomic mass is 10.1. The summed E-state index contributed by atoms with van der Waals surface area (Å²) in [6, 6.07) is 15.6. The number of aromatic nitrogens is 5. The molecule has 0 N–H and O–H groups in total. The van der Waals surface area contributed by atoms with E-state index in [4.69, 9.17) is 4.52 Å². The first-order valence-corrected chi connectivity index (χ1v) is 11.1. The Bertz CT molecular complexity index is 1440. The van der Waals surface area contributed by atoms with Gasteiger partial charge in [0.05, 0.1) is 22.3 Å². The Hall–Kier alpha value is -3.39. The standard InChI is InChI=1S/C23H21N5O2S/c1-4-16-9-11-17(12-10-16)27-21(29)18-7-5-6-8-20(18)28-22(27)24-25-23(28)31-13-19-14(2)26-30-15(19)3/h5-12H,4,13H2,1-3H3. The molecule has 0 spiro atoms. The van der Waals surface area contributed by atoms with Gasteiger partial charge in [-0.3, -0.25) is 9.20 Å². The van der Waals surface area contributed by atoms with Crippen molar-refractivity contribution in [2.45, 2.75) is 38.1 Å². The van der Waals surface area contributed by atoms with E-state index >= 15 is 0 Å². The van der Waals surface area contributed by atoms with E-state index in [9.17, 15) is 4.79 Å². The zero-order valence-corrected chi connectivity index (χ0v) is 18.3. The summed E-state index contributed by atoms with van der Waals surface area (Å²) in [6.07, 6.45) is 0.940. The number of thioether (sulfide) groups is 1. The van der Waals surface area contributed by atoms with Gasteiger partial charge in [-0.15, -0.1) is 10.2 Å². The summed E-state index contributed by atoms with van der Waals surface area (Å²) >= 11 is 1.55. The molecule has 0 aliphatic carbocycles. The molecule has 0 amide bonds. The van der Waals surface area contributed by atoms with E-state index in [1.165, 1.54) is 5.56 Å². The number of nitrogens with zero attached hydrogens (tertiary/aromatic N) is 5. The third kappa shape index (κ3) is 3.23. The maximum absolute atomic E-state index is 13.4. The first-order valence-electron chi connectivity index (χ1n) is 10.1. The van der Waals surface area contributed by atoms with Gasteiger partial charge in [-0.05, 0) is 50.1 Å². The van der Waals surface area contributed by atoms with E-state index in [1.807, 2.05) is 66.8 Å². The van der Waals surface area contributed by atoms with Gasteiger partial charge in [0.1, 0.15) is 5.76 Å². The van der Waals surface area contributed by atoms with Crippen molar-refractivity contribution in [1.29, 1.82) is 0 Å². The Kier molecular flexibility index (Phi) is 4.86. The van der Waals surface area contributed by atoms with Crippen LogP contribution in [-0.4, -0.2) is 24.3 Å². The predicted molar refractivity (Wildman–Crippen MR) is 121 cm³/mol. The molecule has 0 radical (unpaired) electrons. The van der Waals surface area contributed by atoms with Gasteiger partial charge < -0.3 is 4.52 Å². The van der Waals surface area contributed by atoms with Crippen molar-refractivity contribution in [3.8, 4) is 5.69 Å².